The number of hydrogen-bond donors (Lipinski definition) is 2. The number of methoxy groups -OCH3 is 1. The van der Waals surface area contributed by atoms with Gasteiger partial charge in [0.2, 0.25) is 5.91 Å². The normalized spacial score (nSPS) is 31.3. The maximum atomic E-state index is 13.6. The maximum Gasteiger partial charge on any atom is 0.417 e. The van der Waals surface area contributed by atoms with E-state index in [1.807, 2.05) is 12.2 Å². The Bertz CT molecular complexity index is 1030. The number of aliphatic hydroxyl groups is 2. The molecule has 0 aromatic heterocycles. The summed E-state index contributed by atoms with van der Waals surface area (Å²) in [6.07, 6.45) is 2.88. The summed E-state index contributed by atoms with van der Waals surface area (Å²) in [7, 11) is 1.54. The van der Waals surface area contributed by atoms with Gasteiger partial charge >= 0.3 is 12.1 Å². The van der Waals surface area contributed by atoms with Gasteiger partial charge in [-0.15, -0.1) is 0 Å². The molecule has 2 unspecified atom stereocenters. The summed E-state index contributed by atoms with van der Waals surface area (Å²) in [6.45, 7) is 0.979. The van der Waals surface area contributed by atoms with Crippen LogP contribution in [0, 0.1) is 11.8 Å². The van der Waals surface area contributed by atoms with E-state index in [4.69, 9.17) is 23.7 Å². The van der Waals surface area contributed by atoms with Crippen LogP contribution in [0.25, 0.3) is 0 Å². The first kappa shape index (κ1) is 28.2. The minimum absolute atomic E-state index is 0.174. The number of hydrogen-bond acceptors (Lipinski definition) is 10. The number of aliphatic hydroxyl groups excluding tert-OH is 1. The summed E-state index contributed by atoms with van der Waals surface area (Å²) in [6, 6.07) is 8.19. The monoisotopic (exact) mass is 533 g/mol. The molecule has 4 rings (SSSR count). The summed E-state index contributed by atoms with van der Waals surface area (Å²) in [5.41, 5.74) is -3.37. The second-order valence-electron chi connectivity index (χ2n) is 9.95. The molecule has 2 N–H and O–H groups in total. The lowest BCUT2D eigenvalue weighted by molar-refractivity contribution is -0.162. The predicted octanol–water partition coefficient (Wildman–Crippen LogP) is 1.66. The number of amides is 2. The molecule has 6 atom stereocenters. The van der Waals surface area contributed by atoms with Crippen LogP contribution in [0.15, 0.2) is 42.5 Å². The Balaban J connectivity index is 1.59. The number of nitrogens with zero attached hydrogens (tertiary/aromatic N) is 1. The molecule has 2 amide bonds. The smallest absolute Gasteiger partial charge is 0.417 e. The average Bonchev–Trinajstić information content (AvgIpc) is 3.32. The minimum Gasteiger partial charge on any atom is -0.459 e. The molecule has 2 saturated heterocycles. The molecule has 208 valence electrons. The fraction of sp³-hybridized carbons (Fsp3) is 0.593. The average molecular weight is 534 g/mol. The second-order valence-corrected chi connectivity index (χ2v) is 9.95. The number of allylic oxidation sites excluding steroid dienone is 1. The van der Waals surface area contributed by atoms with E-state index in [1.54, 1.807) is 30.3 Å². The van der Waals surface area contributed by atoms with E-state index in [0.29, 0.717) is 13.0 Å². The van der Waals surface area contributed by atoms with Gasteiger partial charge in [-0.2, -0.15) is 0 Å². The van der Waals surface area contributed by atoms with Crippen LogP contribution in [0.1, 0.15) is 36.5 Å². The molecule has 0 saturated carbocycles. The van der Waals surface area contributed by atoms with Gasteiger partial charge in [-0.05, 0) is 38.3 Å². The van der Waals surface area contributed by atoms with Crippen molar-refractivity contribution in [3.8, 4) is 0 Å². The number of imide groups is 1. The van der Waals surface area contributed by atoms with Gasteiger partial charge < -0.3 is 33.9 Å². The lowest BCUT2D eigenvalue weighted by Crippen LogP contribution is -2.66. The van der Waals surface area contributed by atoms with Crippen molar-refractivity contribution in [2.24, 2.45) is 11.8 Å². The SMILES string of the molecule is COCCOCOC[C@]12[C@H]([C@@H]3C=CCCC3)OC(=O)N1C(=O)C(C(O)COC(=O)c1ccccc1)[C@]2(C)O. The lowest BCUT2D eigenvalue weighted by atomic mass is 9.68. The molecular formula is C27H35NO10. The Kier molecular flexibility index (Phi) is 8.84. The number of benzene rings is 1. The van der Waals surface area contributed by atoms with Crippen molar-refractivity contribution in [1.29, 1.82) is 0 Å². The van der Waals surface area contributed by atoms with E-state index in [9.17, 15) is 24.6 Å². The Morgan fingerprint density at radius 1 is 1.21 bits per heavy atom. The summed E-state index contributed by atoms with van der Waals surface area (Å²) in [5.74, 6) is -3.27. The highest BCUT2D eigenvalue weighted by molar-refractivity contribution is 6.00. The van der Waals surface area contributed by atoms with Gasteiger partial charge in [0.15, 0.2) is 0 Å². The van der Waals surface area contributed by atoms with Crippen molar-refractivity contribution in [2.75, 3.05) is 40.3 Å². The first-order valence-electron chi connectivity index (χ1n) is 12.7. The van der Waals surface area contributed by atoms with E-state index in [1.165, 1.54) is 14.0 Å². The molecule has 1 aliphatic carbocycles. The summed E-state index contributed by atoms with van der Waals surface area (Å²) < 4.78 is 27.0. The zero-order chi connectivity index (χ0) is 27.3. The van der Waals surface area contributed by atoms with Crippen molar-refractivity contribution in [1.82, 2.24) is 4.90 Å². The molecule has 0 bridgehead atoms. The standard InChI is InChI=1S/C27H35NO10/c1-26(33)21(20(29)15-37-24(31)19-11-7-4-8-12-19)23(30)28-25(32)38-22(18-9-5-3-6-10-18)27(26,28)16-36-17-35-14-13-34-2/h4-5,7-9,11-12,18,20-22,29,33H,3,6,10,13-17H2,1-2H3/t18-,20?,21?,22+,26+,27-/m1/s1. The van der Waals surface area contributed by atoms with Gasteiger partial charge in [0.05, 0.1) is 31.3 Å². The Morgan fingerprint density at radius 3 is 2.66 bits per heavy atom. The van der Waals surface area contributed by atoms with Crippen LogP contribution in [0.2, 0.25) is 0 Å². The van der Waals surface area contributed by atoms with Crippen LogP contribution in [0.5, 0.6) is 0 Å². The van der Waals surface area contributed by atoms with E-state index in [2.05, 4.69) is 0 Å². The van der Waals surface area contributed by atoms with Crippen molar-refractivity contribution < 1.29 is 48.3 Å². The number of cyclic esters (lactones) is 1. The second kappa shape index (κ2) is 11.9. The molecular weight excluding hydrogens is 498 g/mol. The maximum absolute atomic E-state index is 13.6. The topological polar surface area (TPSA) is 141 Å². The molecule has 38 heavy (non-hydrogen) atoms. The van der Waals surface area contributed by atoms with Gasteiger partial charge in [0.25, 0.3) is 0 Å². The Morgan fingerprint density at radius 2 is 1.97 bits per heavy atom. The van der Waals surface area contributed by atoms with Crippen LogP contribution in [-0.2, 0) is 28.5 Å². The number of carbonyl (C=O) groups excluding carboxylic acids is 3. The third-order valence-electron chi connectivity index (χ3n) is 7.63. The van der Waals surface area contributed by atoms with Gasteiger partial charge in [0.1, 0.15) is 36.7 Å². The fourth-order valence-electron chi connectivity index (χ4n) is 5.74. The van der Waals surface area contributed by atoms with Crippen molar-refractivity contribution >= 4 is 18.0 Å². The molecule has 2 aliphatic heterocycles. The lowest BCUT2D eigenvalue weighted by Gasteiger charge is -2.45. The molecule has 11 nitrogen and oxygen atoms in total. The van der Waals surface area contributed by atoms with Crippen LogP contribution in [0.4, 0.5) is 4.79 Å². The molecule has 0 spiro atoms. The number of carbonyl (C=O) groups is 3. The van der Waals surface area contributed by atoms with Gasteiger partial charge in [-0.25, -0.2) is 14.5 Å². The minimum atomic E-state index is -2.00. The fourth-order valence-corrected chi connectivity index (χ4v) is 5.74. The van der Waals surface area contributed by atoms with Crippen molar-refractivity contribution in [3.05, 3.63) is 48.0 Å². The van der Waals surface area contributed by atoms with E-state index < -0.39 is 53.8 Å². The molecule has 11 heteroatoms. The molecule has 2 fully saturated rings. The summed E-state index contributed by atoms with van der Waals surface area (Å²) in [5, 5.41) is 23.0. The molecule has 2 heterocycles. The van der Waals surface area contributed by atoms with Gasteiger partial charge in [-0.3, -0.25) is 4.79 Å². The van der Waals surface area contributed by atoms with Crippen LogP contribution in [-0.4, -0.2) is 96.8 Å². The van der Waals surface area contributed by atoms with E-state index in [-0.39, 0.29) is 31.5 Å². The van der Waals surface area contributed by atoms with E-state index >= 15 is 0 Å². The van der Waals surface area contributed by atoms with Crippen LogP contribution < -0.4 is 0 Å². The number of esters is 1. The largest absolute Gasteiger partial charge is 0.459 e. The zero-order valence-electron chi connectivity index (χ0n) is 21.6. The summed E-state index contributed by atoms with van der Waals surface area (Å²) in [4.78, 5) is 40.0. The highest BCUT2D eigenvalue weighted by Crippen LogP contribution is 2.54. The Labute approximate surface area is 221 Å². The van der Waals surface area contributed by atoms with Crippen molar-refractivity contribution in [3.63, 3.8) is 0 Å². The summed E-state index contributed by atoms with van der Waals surface area (Å²) >= 11 is 0. The number of fused-ring (bicyclic) bond motifs is 1. The molecule has 1 aromatic carbocycles. The first-order valence-corrected chi connectivity index (χ1v) is 12.7. The quantitative estimate of drug-likeness (QED) is 0.176. The Hall–Kier alpha value is -2.83. The third kappa shape index (κ3) is 5.08. The number of rotatable bonds is 12. The van der Waals surface area contributed by atoms with Crippen molar-refractivity contribution in [2.45, 2.75) is 49.5 Å². The van der Waals surface area contributed by atoms with Crippen LogP contribution in [0.3, 0.4) is 0 Å². The first-order chi connectivity index (χ1) is 18.3. The molecule has 1 aromatic rings. The van der Waals surface area contributed by atoms with Gasteiger partial charge in [0, 0.05) is 13.0 Å². The third-order valence-corrected chi connectivity index (χ3v) is 7.63. The van der Waals surface area contributed by atoms with E-state index in [0.717, 1.165) is 17.7 Å². The highest BCUT2D eigenvalue weighted by Gasteiger charge is 2.77. The zero-order valence-corrected chi connectivity index (χ0v) is 21.6. The highest BCUT2D eigenvalue weighted by atomic mass is 16.7. The number of ether oxygens (including phenoxy) is 5. The molecule has 0 radical (unpaired) electrons. The predicted molar refractivity (Wildman–Crippen MR) is 132 cm³/mol. The van der Waals surface area contributed by atoms with Crippen LogP contribution >= 0.6 is 0 Å². The molecule has 3 aliphatic rings. The van der Waals surface area contributed by atoms with Gasteiger partial charge in [-0.1, -0.05) is 30.4 Å².